The lowest BCUT2D eigenvalue weighted by atomic mass is 9.97. The number of benzene rings is 1. The molecule has 3 nitrogen and oxygen atoms in total. The molecule has 0 radical (unpaired) electrons. The van der Waals surface area contributed by atoms with Crippen LogP contribution in [0.5, 0.6) is 5.75 Å². The molecule has 0 bridgehead atoms. The maximum atomic E-state index is 6.21. The molecule has 0 spiro atoms. The summed E-state index contributed by atoms with van der Waals surface area (Å²) in [5.41, 5.74) is 2.40. The molecule has 0 fully saturated rings. The van der Waals surface area contributed by atoms with E-state index >= 15 is 0 Å². The zero-order chi connectivity index (χ0) is 15.3. The van der Waals surface area contributed by atoms with Crippen LogP contribution in [0.25, 0.3) is 0 Å². The van der Waals surface area contributed by atoms with Crippen LogP contribution in [0, 0.1) is 5.92 Å². The fourth-order valence-electron chi connectivity index (χ4n) is 3.12. The highest BCUT2D eigenvalue weighted by Crippen LogP contribution is 2.44. The fourth-order valence-corrected chi connectivity index (χ4v) is 4.50. The molecule has 2 aromatic rings. The van der Waals surface area contributed by atoms with Crippen LogP contribution < -0.4 is 4.74 Å². The molecular weight excluding hydrogens is 360 g/mol. The molecule has 2 aliphatic heterocycles. The number of rotatable bonds is 2. The normalized spacial score (nSPS) is 23.1. The molecule has 0 aliphatic carbocycles. The molecule has 1 aromatic heterocycles. The Morgan fingerprint density at radius 1 is 1.27 bits per heavy atom. The van der Waals surface area contributed by atoms with Gasteiger partial charge in [0.25, 0.3) is 0 Å². The first-order chi connectivity index (χ1) is 10.6. The third-order valence-electron chi connectivity index (χ3n) is 4.16. The number of thiophene rings is 1. The van der Waals surface area contributed by atoms with Crippen molar-refractivity contribution in [3.8, 4) is 5.75 Å². The lowest BCUT2D eigenvalue weighted by Gasteiger charge is -2.39. The van der Waals surface area contributed by atoms with E-state index in [2.05, 4.69) is 65.1 Å². The van der Waals surface area contributed by atoms with E-state index in [4.69, 9.17) is 9.84 Å². The van der Waals surface area contributed by atoms with Gasteiger partial charge in [0.05, 0.1) is 20.4 Å². The minimum atomic E-state index is 0.000743. The summed E-state index contributed by atoms with van der Waals surface area (Å²) in [7, 11) is 0. The summed E-state index contributed by atoms with van der Waals surface area (Å²) in [5, 5.41) is 7.07. The van der Waals surface area contributed by atoms with Gasteiger partial charge in [0.15, 0.2) is 6.23 Å². The summed E-state index contributed by atoms with van der Waals surface area (Å²) >= 11 is 5.28. The van der Waals surface area contributed by atoms with Crippen molar-refractivity contribution in [1.29, 1.82) is 0 Å². The standard InChI is InChI=1S/C17H17BrN2OS/c1-10(2)17-20-13(11-5-3-4-6-14(11)21-17)9-12(19-20)15-7-8-16(18)22-15/h3-8,10,13,17H,9H2,1-2H3/t13-,17-/m1/s1. The Hall–Kier alpha value is -1.33. The Balaban J connectivity index is 1.75. The molecule has 0 saturated heterocycles. The van der Waals surface area contributed by atoms with Gasteiger partial charge >= 0.3 is 0 Å². The van der Waals surface area contributed by atoms with Crippen LogP contribution >= 0.6 is 27.3 Å². The Labute approximate surface area is 142 Å². The molecule has 4 rings (SSSR count). The quantitative estimate of drug-likeness (QED) is 0.733. The average molecular weight is 377 g/mol. The molecule has 0 N–H and O–H groups in total. The lowest BCUT2D eigenvalue weighted by molar-refractivity contribution is -0.0461. The van der Waals surface area contributed by atoms with Crippen molar-refractivity contribution < 1.29 is 4.74 Å². The number of fused-ring (bicyclic) bond motifs is 3. The molecule has 5 heteroatoms. The Morgan fingerprint density at radius 2 is 2.09 bits per heavy atom. The van der Waals surface area contributed by atoms with Gasteiger partial charge in [-0.25, -0.2) is 5.01 Å². The SMILES string of the molecule is CC(C)[C@H]1Oc2ccccc2[C@H]2CC(c3ccc(Br)s3)=NN21. The van der Waals surface area contributed by atoms with Crippen molar-refractivity contribution in [1.82, 2.24) is 5.01 Å². The van der Waals surface area contributed by atoms with Crippen molar-refractivity contribution in [2.24, 2.45) is 11.0 Å². The summed E-state index contributed by atoms with van der Waals surface area (Å²) in [6.07, 6.45) is 0.942. The van der Waals surface area contributed by atoms with E-state index in [9.17, 15) is 0 Å². The van der Waals surface area contributed by atoms with Crippen molar-refractivity contribution in [2.45, 2.75) is 32.5 Å². The number of hydrogen-bond acceptors (Lipinski definition) is 4. The highest BCUT2D eigenvalue weighted by Gasteiger charge is 2.41. The van der Waals surface area contributed by atoms with Gasteiger partial charge in [0.2, 0.25) is 0 Å². The van der Waals surface area contributed by atoms with E-state index in [0.29, 0.717) is 5.92 Å². The van der Waals surface area contributed by atoms with Gasteiger partial charge in [-0.05, 0) is 34.1 Å². The maximum Gasteiger partial charge on any atom is 0.190 e. The minimum absolute atomic E-state index is 0.000743. The highest BCUT2D eigenvalue weighted by atomic mass is 79.9. The predicted molar refractivity (Wildman–Crippen MR) is 93.4 cm³/mol. The lowest BCUT2D eigenvalue weighted by Crippen LogP contribution is -2.43. The van der Waals surface area contributed by atoms with Gasteiger partial charge in [-0.1, -0.05) is 32.0 Å². The summed E-state index contributed by atoms with van der Waals surface area (Å²) in [6.45, 7) is 4.37. The third kappa shape index (κ3) is 2.27. The molecule has 114 valence electrons. The zero-order valence-corrected chi connectivity index (χ0v) is 14.9. The number of nitrogens with zero attached hydrogens (tertiary/aromatic N) is 2. The van der Waals surface area contributed by atoms with E-state index in [-0.39, 0.29) is 12.3 Å². The smallest absolute Gasteiger partial charge is 0.190 e. The second kappa shape index (κ2) is 5.39. The van der Waals surface area contributed by atoms with Gasteiger partial charge in [-0.3, -0.25) is 0 Å². The van der Waals surface area contributed by atoms with Crippen LogP contribution in [-0.4, -0.2) is 16.9 Å². The molecule has 22 heavy (non-hydrogen) atoms. The zero-order valence-electron chi connectivity index (χ0n) is 12.5. The fraction of sp³-hybridized carbons (Fsp3) is 0.353. The van der Waals surface area contributed by atoms with Gasteiger partial charge < -0.3 is 4.74 Å². The molecule has 0 unspecified atom stereocenters. The first kappa shape index (κ1) is 14.3. The molecular formula is C17H17BrN2OS. The topological polar surface area (TPSA) is 24.8 Å². The number of ether oxygens (including phenoxy) is 1. The monoisotopic (exact) mass is 376 g/mol. The molecule has 2 atom stereocenters. The molecule has 2 aliphatic rings. The number of hydrogen-bond donors (Lipinski definition) is 0. The molecule has 0 saturated carbocycles. The molecule has 3 heterocycles. The molecule has 0 amide bonds. The van der Waals surface area contributed by atoms with E-state index < -0.39 is 0 Å². The summed E-state index contributed by atoms with van der Waals surface area (Å²) in [5.74, 6) is 1.39. The summed E-state index contributed by atoms with van der Waals surface area (Å²) < 4.78 is 7.36. The average Bonchev–Trinajstić information content (AvgIpc) is 3.12. The highest BCUT2D eigenvalue weighted by molar-refractivity contribution is 9.11. The maximum absolute atomic E-state index is 6.21. The van der Waals surface area contributed by atoms with E-state index in [1.54, 1.807) is 11.3 Å². The van der Waals surface area contributed by atoms with Crippen LogP contribution in [0.3, 0.4) is 0 Å². The van der Waals surface area contributed by atoms with Crippen molar-refractivity contribution in [2.75, 3.05) is 0 Å². The van der Waals surface area contributed by atoms with Crippen LogP contribution in [0.2, 0.25) is 0 Å². The number of para-hydroxylation sites is 1. The van der Waals surface area contributed by atoms with Crippen molar-refractivity contribution in [3.05, 3.63) is 50.6 Å². The van der Waals surface area contributed by atoms with Crippen molar-refractivity contribution >= 4 is 33.0 Å². The predicted octanol–water partition coefficient (Wildman–Crippen LogP) is 5.04. The van der Waals surface area contributed by atoms with Gasteiger partial charge in [0, 0.05) is 17.9 Å². The van der Waals surface area contributed by atoms with Crippen LogP contribution in [-0.2, 0) is 0 Å². The summed E-state index contributed by atoms with van der Waals surface area (Å²) in [4.78, 5) is 1.24. The largest absolute Gasteiger partial charge is 0.468 e. The van der Waals surface area contributed by atoms with E-state index in [0.717, 1.165) is 21.7 Å². The Bertz CT molecular complexity index is 740. The Kier molecular flexibility index (Phi) is 3.50. The van der Waals surface area contributed by atoms with Crippen molar-refractivity contribution in [3.63, 3.8) is 0 Å². The van der Waals surface area contributed by atoms with Gasteiger partial charge in [-0.15, -0.1) is 11.3 Å². The first-order valence-corrected chi connectivity index (χ1v) is 9.11. The van der Waals surface area contributed by atoms with Crippen LogP contribution in [0.4, 0.5) is 0 Å². The van der Waals surface area contributed by atoms with Gasteiger partial charge in [-0.2, -0.15) is 5.10 Å². The number of hydrazone groups is 1. The Morgan fingerprint density at radius 3 is 2.82 bits per heavy atom. The van der Waals surface area contributed by atoms with Crippen LogP contribution in [0.15, 0.2) is 45.3 Å². The van der Waals surface area contributed by atoms with Gasteiger partial charge in [0.1, 0.15) is 5.75 Å². The second-order valence-electron chi connectivity index (χ2n) is 6.04. The first-order valence-electron chi connectivity index (χ1n) is 7.50. The minimum Gasteiger partial charge on any atom is -0.468 e. The molecule has 1 aromatic carbocycles. The van der Waals surface area contributed by atoms with Crippen LogP contribution in [0.1, 0.15) is 36.8 Å². The second-order valence-corrected chi connectivity index (χ2v) is 8.50. The summed E-state index contributed by atoms with van der Waals surface area (Å²) in [6, 6.07) is 12.9. The number of halogens is 1. The third-order valence-corrected chi connectivity index (χ3v) is 5.83. The van der Waals surface area contributed by atoms with E-state index in [1.165, 1.54) is 10.4 Å². The van der Waals surface area contributed by atoms with E-state index in [1.807, 2.05) is 6.07 Å².